The van der Waals surface area contributed by atoms with Gasteiger partial charge in [0.25, 0.3) is 0 Å². The van der Waals surface area contributed by atoms with Crippen molar-refractivity contribution < 1.29 is 0 Å². The predicted molar refractivity (Wildman–Crippen MR) is 61.2 cm³/mol. The summed E-state index contributed by atoms with van der Waals surface area (Å²) in [6.45, 7) is 4.08. The average molecular weight is 217 g/mol. The molecule has 0 spiro atoms. The molecule has 0 aliphatic rings. The molecule has 5 heteroatoms. The van der Waals surface area contributed by atoms with E-state index in [9.17, 15) is 0 Å². The first-order chi connectivity index (χ1) is 7.65. The maximum atomic E-state index is 4.07. The molecule has 1 heterocycles. The summed E-state index contributed by atoms with van der Waals surface area (Å²) >= 11 is 0. The maximum Gasteiger partial charge on any atom is 0.176 e. The fourth-order valence-electron chi connectivity index (χ4n) is 1.43. The second-order valence-electron chi connectivity index (χ2n) is 4.12. The number of hydrogen-bond acceptors (Lipinski definition) is 4. The van der Waals surface area contributed by atoms with Crippen LogP contribution in [0, 0.1) is 0 Å². The van der Waals surface area contributed by atoms with Crippen LogP contribution < -0.4 is 5.32 Å². The number of nitrogens with one attached hydrogen (secondary N) is 1. The van der Waals surface area contributed by atoms with Crippen molar-refractivity contribution in [1.82, 2.24) is 25.5 Å². The van der Waals surface area contributed by atoms with Crippen LogP contribution in [0.5, 0.6) is 0 Å². The zero-order valence-electron chi connectivity index (χ0n) is 9.68. The fourth-order valence-corrected chi connectivity index (χ4v) is 1.43. The molecule has 0 amide bonds. The molecule has 0 aliphatic heterocycles. The van der Waals surface area contributed by atoms with E-state index in [1.54, 1.807) is 4.68 Å². The molecule has 0 atom stereocenters. The van der Waals surface area contributed by atoms with Gasteiger partial charge in [0.1, 0.15) is 0 Å². The van der Waals surface area contributed by atoms with Crippen molar-refractivity contribution in [1.29, 1.82) is 0 Å². The van der Waals surface area contributed by atoms with Gasteiger partial charge in [-0.3, -0.25) is 0 Å². The highest BCUT2D eigenvalue weighted by atomic mass is 15.6. The minimum Gasteiger partial charge on any atom is -0.308 e. The van der Waals surface area contributed by atoms with Crippen LogP contribution in [0.25, 0.3) is 5.69 Å². The number of benzene rings is 1. The Hall–Kier alpha value is -1.75. The quantitative estimate of drug-likeness (QED) is 0.837. The van der Waals surface area contributed by atoms with Gasteiger partial charge in [0.05, 0.1) is 11.2 Å². The third kappa shape index (κ3) is 1.81. The van der Waals surface area contributed by atoms with Crippen LogP contribution in [0.1, 0.15) is 19.7 Å². The van der Waals surface area contributed by atoms with E-state index in [4.69, 9.17) is 0 Å². The first-order valence-corrected chi connectivity index (χ1v) is 5.18. The molecular formula is C11H15N5. The Labute approximate surface area is 94.5 Å². The smallest absolute Gasteiger partial charge is 0.176 e. The van der Waals surface area contributed by atoms with Gasteiger partial charge in [-0.1, -0.05) is 18.2 Å². The highest BCUT2D eigenvalue weighted by Gasteiger charge is 2.25. The Bertz CT molecular complexity index is 460. The van der Waals surface area contributed by atoms with Crippen molar-refractivity contribution >= 4 is 0 Å². The summed E-state index contributed by atoms with van der Waals surface area (Å²) in [4.78, 5) is 0. The summed E-state index contributed by atoms with van der Waals surface area (Å²) in [5, 5.41) is 15.0. The highest BCUT2D eigenvalue weighted by molar-refractivity contribution is 5.31. The summed E-state index contributed by atoms with van der Waals surface area (Å²) in [5.41, 5.74) is 0.699. The number of nitrogens with zero attached hydrogens (tertiary/aromatic N) is 4. The minimum atomic E-state index is -0.265. The van der Waals surface area contributed by atoms with Crippen molar-refractivity contribution in [3.8, 4) is 5.69 Å². The summed E-state index contributed by atoms with van der Waals surface area (Å²) in [5.74, 6) is 0.793. The number of hydrogen-bond donors (Lipinski definition) is 1. The second-order valence-corrected chi connectivity index (χ2v) is 4.12. The van der Waals surface area contributed by atoms with E-state index in [-0.39, 0.29) is 5.54 Å². The predicted octanol–water partition coefficient (Wildman–Crippen LogP) is 1.12. The number of aromatic nitrogens is 4. The van der Waals surface area contributed by atoms with Crippen LogP contribution >= 0.6 is 0 Å². The van der Waals surface area contributed by atoms with Gasteiger partial charge < -0.3 is 5.32 Å². The molecule has 5 nitrogen and oxygen atoms in total. The molecule has 1 aromatic heterocycles. The number of rotatable bonds is 3. The Kier molecular flexibility index (Phi) is 2.70. The van der Waals surface area contributed by atoms with E-state index in [0.717, 1.165) is 11.5 Å². The van der Waals surface area contributed by atoms with Gasteiger partial charge in [0.2, 0.25) is 0 Å². The van der Waals surface area contributed by atoms with Crippen molar-refractivity contribution in [2.75, 3.05) is 7.05 Å². The van der Waals surface area contributed by atoms with Crippen LogP contribution in [-0.2, 0) is 5.54 Å². The summed E-state index contributed by atoms with van der Waals surface area (Å²) in [7, 11) is 1.89. The molecule has 0 unspecified atom stereocenters. The molecule has 16 heavy (non-hydrogen) atoms. The number of para-hydroxylation sites is 1. The highest BCUT2D eigenvalue weighted by Crippen LogP contribution is 2.18. The number of tetrazole rings is 1. The maximum absolute atomic E-state index is 4.07. The van der Waals surface area contributed by atoms with Gasteiger partial charge >= 0.3 is 0 Å². The van der Waals surface area contributed by atoms with Crippen LogP contribution in [0.2, 0.25) is 0 Å². The fraction of sp³-hybridized carbons (Fsp3) is 0.364. The molecule has 1 aromatic carbocycles. The van der Waals surface area contributed by atoms with Crippen molar-refractivity contribution in [2.45, 2.75) is 19.4 Å². The lowest BCUT2D eigenvalue weighted by atomic mass is 10.1. The minimum absolute atomic E-state index is 0.265. The van der Waals surface area contributed by atoms with Crippen molar-refractivity contribution in [2.24, 2.45) is 0 Å². The molecule has 84 valence electrons. The second kappa shape index (κ2) is 4.02. The van der Waals surface area contributed by atoms with Gasteiger partial charge in [-0.25, -0.2) is 0 Å². The van der Waals surface area contributed by atoms with Crippen molar-refractivity contribution in [3.05, 3.63) is 36.2 Å². The summed E-state index contributed by atoms with van der Waals surface area (Å²) in [6.07, 6.45) is 0. The van der Waals surface area contributed by atoms with E-state index in [0.29, 0.717) is 0 Å². The molecule has 2 aromatic rings. The Morgan fingerprint density at radius 3 is 2.50 bits per heavy atom. The third-order valence-corrected chi connectivity index (χ3v) is 2.65. The molecule has 0 saturated carbocycles. The lowest BCUT2D eigenvalue weighted by molar-refractivity contribution is 0.406. The Balaban J connectivity index is 2.49. The molecule has 0 fully saturated rings. The zero-order chi connectivity index (χ0) is 11.6. The van der Waals surface area contributed by atoms with Gasteiger partial charge in [0.15, 0.2) is 5.82 Å². The molecular weight excluding hydrogens is 202 g/mol. The average Bonchev–Trinajstić information content (AvgIpc) is 2.80. The molecule has 0 saturated heterocycles. The van der Waals surface area contributed by atoms with E-state index in [1.165, 1.54) is 0 Å². The molecule has 1 N–H and O–H groups in total. The molecule has 0 aliphatic carbocycles. The van der Waals surface area contributed by atoms with E-state index < -0.39 is 0 Å². The van der Waals surface area contributed by atoms with Gasteiger partial charge in [-0.15, -0.1) is 5.10 Å². The Morgan fingerprint density at radius 2 is 1.88 bits per heavy atom. The van der Waals surface area contributed by atoms with Crippen LogP contribution in [0.4, 0.5) is 0 Å². The standard InChI is InChI=1S/C11H15N5/c1-11(2,12-3)10-13-14-15-16(10)9-7-5-4-6-8-9/h4-8,12H,1-3H3. The van der Waals surface area contributed by atoms with Gasteiger partial charge in [-0.05, 0) is 43.5 Å². The lowest BCUT2D eigenvalue weighted by Gasteiger charge is -2.22. The van der Waals surface area contributed by atoms with Crippen LogP contribution in [0.3, 0.4) is 0 Å². The first kappa shape index (κ1) is 10.8. The van der Waals surface area contributed by atoms with Crippen LogP contribution in [-0.4, -0.2) is 27.3 Å². The van der Waals surface area contributed by atoms with E-state index >= 15 is 0 Å². The molecule has 0 bridgehead atoms. The lowest BCUT2D eigenvalue weighted by Crippen LogP contribution is -2.36. The van der Waals surface area contributed by atoms with E-state index in [2.05, 4.69) is 20.8 Å². The topological polar surface area (TPSA) is 55.6 Å². The zero-order valence-corrected chi connectivity index (χ0v) is 9.68. The SMILES string of the molecule is CNC(C)(C)c1nnnn1-c1ccccc1. The van der Waals surface area contributed by atoms with Crippen LogP contribution in [0.15, 0.2) is 30.3 Å². The molecule has 0 radical (unpaired) electrons. The third-order valence-electron chi connectivity index (χ3n) is 2.65. The normalized spacial score (nSPS) is 11.7. The Morgan fingerprint density at radius 1 is 1.19 bits per heavy atom. The summed E-state index contributed by atoms with van der Waals surface area (Å²) < 4.78 is 1.75. The molecule has 2 rings (SSSR count). The first-order valence-electron chi connectivity index (χ1n) is 5.18. The van der Waals surface area contributed by atoms with E-state index in [1.807, 2.05) is 51.2 Å². The monoisotopic (exact) mass is 217 g/mol. The van der Waals surface area contributed by atoms with Crippen molar-refractivity contribution in [3.63, 3.8) is 0 Å². The van der Waals surface area contributed by atoms with Gasteiger partial charge in [0, 0.05) is 0 Å². The largest absolute Gasteiger partial charge is 0.308 e. The van der Waals surface area contributed by atoms with Gasteiger partial charge in [-0.2, -0.15) is 4.68 Å². The summed E-state index contributed by atoms with van der Waals surface area (Å²) in [6, 6.07) is 9.86.